The van der Waals surface area contributed by atoms with Crippen LogP contribution in [0.5, 0.6) is 0 Å². The average Bonchev–Trinajstić information content (AvgIpc) is 2.33. The predicted octanol–water partition coefficient (Wildman–Crippen LogP) is -0.489. The monoisotopic (exact) mass is 141 g/mol. The highest BCUT2D eigenvalue weighted by atomic mass is 15.4. The van der Waals surface area contributed by atoms with Crippen molar-refractivity contribution in [3.8, 4) is 0 Å². The van der Waals surface area contributed by atoms with Gasteiger partial charge >= 0.3 is 0 Å². The van der Waals surface area contributed by atoms with E-state index in [2.05, 4.69) is 22.2 Å². The molecule has 2 heterocycles. The van der Waals surface area contributed by atoms with Crippen LogP contribution in [0.4, 0.5) is 0 Å². The van der Waals surface area contributed by atoms with Crippen molar-refractivity contribution in [1.82, 2.24) is 15.1 Å². The molecule has 1 unspecified atom stereocenters. The molecule has 2 aliphatic heterocycles. The van der Waals surface area contributed by atoms with E-state index in [0.717, 1.165) is 19.4 Å². The molecule has 2 rings (SSSR count). The van der Waals surface area contributed by atoms with Gasteiger partial charge in [0.2, 0.25) is 0 Å². The van der Waals surface area contributed by atoms with E-state index in [1.165, 1.54) is 19.5 Å². The third-order valence-electron chi connectivity index (χ3n) is 2.48. The van der Waals surface area contributed by atoms with E-state index in [-0.39, 0.29) is 0 Å². The first kappa shape index (κ1) is 6.58. The van der Waals surface area contributed by atoms with Gasteiger partial charge in [-0.15, -0.1) is 0 Å². The summed E-state index contributed by atoms with van der Waals surface area (Å²) in [4.78, 5) is 4.88. The normalized spacial score (nSPS) is 36.3. The van der Waals surface area contributed by atoms with Gasteiger partial charge in [0.1, 0.15) is 0 Å². The van der Waals surface area contributed by atoms with Gasteiger partial charge in [0, 0.05) is 25.8 Å². The number of nitrogens with zero attached hydrogens (tertiary/aromatic N) is 2. The maximum Gasteiger partial charge on any atom is 0.0518 e. The Balaban J connectivity index is 1.96. The molecule has 0 bridgehead atoms. The Hall–Kier alpha value is -0.120. The molecule has 0 saturated carbocycles. The second kappa shape index (κ2) is 2.49. The molecule has 0 aromatic rings. The van der Waals surface area contributed by atoms with Crippen LogP contribution in [0.3, 0.4) is 0 Å². The second-order valence-electron chi connectivity index (χ2n) is 3.36. The van der Waals surface area contributed by atoms with Crippen molar-refractivity contribution < 1.29 is 0 Å². The molecule has 3 nitrogen and oxygen atoms in total. The number of fused-ring (bicyclic) bond motifs is 1. The molecule has 2 aliphatic rings. The Bertz CT molecular complexity index is 126. The van der Waals surface area contributed by atoms with Gasteiger partial charge in [-0.25, -0.2) is 0 Å². The van der Waals surface area contributed by atoms with Gasteiger partial charge in [-0.2, -0.15) is 0 Å². The summed E-state index contributed by atoms with van der Waals surface area (Å²) >= 11 is 0. The van der Waals surface area contributed by atoms with Crippen LogP contribution in [0.25, 0.3) is 0 Å². The van der Waals surface area contributed by atoms with Crippen molar-refractivity contribution >= 4 is 0 Å². The maximum absolute atomic E-state index is 3.38. The fourth-order valence-corrected chi connectivity index (χ4v) is 1.83. The lowest BCUT2D eigenvalue weighted by atomic mass is 10.1. The Kier molecular flexibility index (Phi) is 1.64. The van der Waals surface area contributed by atoms with Crippen molar-refractivity contribution in [2.75, 3.05) is 33.5 Å². The Labute approximate surface area is 62.0 Å². The predicted molar refractivity (Wildman–Crippen MR) is 40.6 cm³/mol. The van der Waals surface area contributed by atoms with Crippen LogP contribution < -0.4 is 5.32 Å². The lowest BCUT2D eigenvalue weighted by Gasteiger charge is -2.34. The van der Waals surface area contributed by atoms with E-state index in [9.17, 15) is 0 Å². The van der Waals surface area contributed by atoms with E-state index >= 15 is 0 Å². The van der Waals surface area contributed by atoms with Crippen LogP contribution in [0.15, 0.2) is 0 Å². The first-order valence-corrected chi connectivity index (χ1v) is 3.99. The minimum atomic E-state index is 0.830. The van der Waals surface area contributed by atoms with Crippen LogP contribution in [0.1, 0.15) is 6.42 Å². The highest BCUT2D eigenvalue weighted by Gasteiger charge is 2.28. The summed E-state index contributed by atoms with van der Waals surface area (Å²) in [5.74, 6) is 0. The quantitative estimate of drug-likeness (QED) is 0.491. The summed E-state index contributed by atoms with van der Waals surface area (Å²) in [6.07, 6.45) is 1.34. The standard InChI is InChI=1S/C7H15N3/c1-9-3-2-7-4-8-5-10(7)6-9/h7-8H,2-6H2,1H3. The van der Waals surface area contributed by atoms with Gasteiger partial charge < -0.3 is 5.32 Å². The minimum absolute atomic E-state index is 0.830. The van der Waals surface area contributed by atoms with Crippen molar-refractivity contribution in [1.29, 1.82) is 0 Å². The maximum atomic E-state index is 3.38. The van der Waals surface area contributed by atoms with E-state index < -0.39 is 0 Å². The number of nitrogens with one attached hydrogen (secondary N) is 1. The SMILES string of the molecule is CN1CCC2CNCN2C1. The molecule has 58 valence electrons. The van der Waals surface area contributed by atoms with Gasteiger partial charge in [-0.3, -0.25) is 9.80 Å². The third-order valence-corrected chi connectivity index (χ3v) is 2.48. The molecular weight excluding hydrogens is 126 g/mol. The van der Waals surface area contributed by atoms with Crippen LogP contribution in [0.2, 0.25) is 0 Å². The number of hydrogen-bond acceptors (Lipinski definition) is 3. The lowest BCUT2D eigenvalue weighted by molar-refractivity contribution is 0.0886. The van der Waals surface area contributed by atoms with E-state index in [1.54, 1.807) is 0 Å². The molecule has 0 amide bonds. The highest BCUT2D eigenvalue weighted by molar-refractivity contribution is 4.83. The summed E-state index contributed by atoms with van der Waals surface area (Å²) < 4.78 is 0. The molecule has 0 aromatic heterocycles. The summed E-state index contributed by atoms with van der Waals surface area (Å²) in [5, 5.41) is 3.38. The molecule has 1 N–H and O–H groups in total. The first-order valence-electron chi connectivity index (χ1n) is 3.99. The van der Waals surface area contributed by atoms with Crippen LogP contribution in [-0.4, -0.2) is 49.3 Å². The van der Waals surface area contributed by atoms with Crippen molar-refractivity contribution in [2.24, 2.45) is 0 Å². The van der Waals surface area contributed by atoms with Gasteiger partial charge in [0.15, 0.2) is 0 Å². The first-order chi connectivity index (χ1) is 4.86. The Morgan fingerprint density at radius 3 is 3.30 bits per heavy atom. The number of hydrogen-bond donors (Lipinski definition) is 1. The zero-order valence-electron chi connectivity index (χ0n) is 6.51. The van der Waals surface area contributed by atoms with E-state index in [0.29, 0.717) is 0 Å². The smallest absolute Gasteiger partial charge is 0.0518 e. The summed E-state index contributed by atoms with van der Waals surface area (Å²) in [7, 11) is 2.19. The molecule has 10 heavy (non-hydrogen) atoms. The largest absolute Gasteiger partial charge is 0.303 e. The van der Waals surface area contributed by atoms with Crippen molar-refractivity contribution in [3.63, 3.8) is 0 Å². The molecule has 0 aromatic carbocycles. The topological polar surface area (TPSA) is 18.5 Å². The fourth-order valence-electron chi connectivity index (χ4n) is 1.83. The van der Waals surface area contributed by atoms with E-state index in [4.69, 9.17) is 0 Å². The van der Waals surface area contributed by atoms with Crippen LogP contribution in [-0.2, 0) is 0 Å². The Morgan fingerprint density at radius 2 is 2.40 bits per heavy atom. The minimum Gasteiger partial charge on any atom is -0.303 e. The molecule has 0 spiro atoms. The Morgan fingerprint density at radius 1 is 1.50 bits per heavy atom. The molecule has 0 aliphatic carbocycles. The molecular formula is C7H15N3. The molecule has 3 heteroatoms. The molecule has 0 radical (unpaired) electrons. The van der Waals surface area contributed by atoms with Gasteiger partial charge in [0.05, 0.1) is 6.67 Å². The van der Waals surface area contributed by atoms with Crippen LogP contribution in [0, 0.1) is 0 Å². The highest BCUT2D eigenvalue weighted by Crippen LogP contribution is 2.14. The fraction of sp³-hybridized carbons (Fsp3) is 1.00. The summed E-state index contributed by atoms with van der Waals surface area (Å²) in [5.41, 5.74) is 0. The van der Waals surface area contributed by atoms with Gasteiger partial charge in [-0.1, -0.05) is 0 Å². The number of rotatable bonds is 0. The van der Waals surface area contributed by atoms with Gasteiger partial charge in [0.25, 0.3) is 0 Å². The molecule has 2 fully saturated rings. The molecule has 2 saturated heterocycles. The van der Waals surface area contributed by atoms with Crippen LogP contribution >= 0.6 is 0 Å². The van der Waals surface area contributed by atoms with Crippen molar-refractivity contribution in [3.05, 3.63) is 0 Å². The molecule has 1 atom stereocenters. The van der Waals surface area contributed by atoms with Gasteiger partial charge in [-0.05, 0) is 13.5 Å². The van der Waals surface area contributed by atoms with E-state index in [1.807, 2.05) is 0 Å². The lowest BCUT2D eigenvalue weighted by Crippen LogP contribution is -2.46. The zero-order chi connectivity index (χ0) is 6.97. The second-order valence-corrected chi connectivity index (χ2v) is 3.36. The zero-order valence-corrected chi connectivity index (χ0v) is 6.51. The average molecular weight is 141 g/mol. The van der Waals surface area contributed by atoms with Crippen molar-refractivity contribution in [2.45, 2.75) is 12.5 Å². The third kappa shape index (κ3) is 1.05. The summed E-state index contributed by atoms with van der Waals surface area (Å²) in [6.45, 7) is 4.71. The summed E-state index contributed by atoms with van der Waals surface area (Å²) in [6, 6.07) is 0.830.